The maximum Gasteiger partial charge on any atom is 0.326 e. The number of carboxylic acid groups (broad SMARTS) is 1. The highest BCUT2D eigenvalue weighted by Crippen LogP contribution is 2.09. The lowest BCUT2D eigenvalue weighted by Crippen LogP contribution is -2.57. The predicted octanol–water partition coefficient (Wildman–Crippen LogP) is -3.15. The Morgan fingerprint density at radius 1 is 0.939 bits per heavy atom. The predicted molar refractivity (Wildman–Crippen MR) is 120 cm³/mol. The zero-order valence-corrected chi connectivity index (χ0v) is 19.2. The van der Waals surface area contributed by atoms with Gasteiger partial charge in [-0.15, -0.1) is 0 Å². The molecule has 12 N–H and O–H groups in total. The summed E-state index contributed by atoms with van der Waals surface area (Å²) in [5.41, 5.74) is 21.1. The van der Waals surface area contributed by atoms with Crippen molar-refractivity contribution in [2.45, 2.75) is 70.6 Å². The quantitative estimate of drug-likeness (QED) is 0.0678. The molecule has 0 rings (SSSR count). The molecule has 0 fully saturated rings. The van der Waals surface area contributed by atoms with Gasteiger partial charge in [-0.3, -0.25) is 24.2 Å². The van der Waals surface area contributed by atoms with Crippen molar-refractivity contribution < 1.29 is 29.1 Å². The maximum atomic E-state index is 12.8. The second-order valence-electron chi connectivity index (χ2n) is 7.73. The largest absolute Gasteiger partial charge is 0.480 e. The maximum absolute atomic E-state index is 12.8. The number of nitrogens with one attached hydrogen (secondary N) is 3. The van der Waals surface area contributed by atoms with Crippen LogP contribution in [0.3, 0.4) is 0 Å². The lowest BCUT2D eigenvalue weighted by Gasteiger charge is -2.25. The van der Waals surface area contributed by atoms with Gasteiger partial charge < -0.3 is 44.0 Å². The average molecular weight is 473 g/mol. The van der Waals surface area contributed by atoms with Gasteiger partial charge in [0.25, 0.3) is 0 Å². The Labute approximate surface area is 192 Å². The first-order chi connectivity index (χ1) is 15.3. The van der Waals surface area contributed by atoms with Crippen LogP contribution >= 0.6 is 0 Å². The van der Waals surface area contributed by atoms with Gasteiger partial charge in [-0.25, -0.2) is 4.79 Å². The molecule has 0 saturated carbocycles. The number of hydrogen-bond acceptors (Lipinski definition) is 7. The summed E-state index contributed by atoms with van der Waals surface area (Å²) < 4.78 is 0. The summed E-state index contributed by atoms with van der Waals surface area (Å²) in [6.07, 6.45) is 0.514. The third-order valence-electron chi connectivity index (χ3n) is 4.86. The minimum atomic E-state index is -1.23. The Bertz CT molecular complexity index is 740. The van der Waals surface area contributed by atoms with E-state index in [-0.39, 0.29) is 24.8 Å². The lowest BCUT2D eigenvalue weighted by molar-refractivity contribution is -0.143. The molecule has 0 heterocycles. The number of carbonyl (C=O) groups excluding carboxylic acids is 4. The topological polar surface area (TPSA) is 258 Å². The number of primary amides is 1. The Morgan fingerprint density at radius 3 is 2.03 bits per heavy atom. The van der Waals surface area contributed by atoms with Crippen LogP contribution in [0.4, 0.5) is 0 Å². The van der Waals surface area contributed by atoms with Crippen molar-refractivity contribution in [3.8, 4) is 0 Å². The van der Waals surface area contributed by atoms with Crippen LogP contribution in [0.25, 0.3) is 0 Å². The highest BCUT2D eigenvalue weighted by Gasteiger charge is 2.30. The summed E-state index contributed by atoms with van der Waals surface area (Å²) in [5.74, 6) is -4.65. The summed E-state index contributed by atoms with van der Waals surface area (Å²) in [6, 6.07) is -4.60. The van der Waals surface area contributed by atoms with Crippen molar-refractivity contribution in [3.63, 3.8) is 0 Å². The van der Waals surface area contributed by atoms with Crippen molar-refractivity contribution in [1.29, 1.82) is 0 Å². The van der Waals surface area contributed by atoms with Crippen LogP contribution in [0.5, 0.6) is 0 Å². The van der Waals surface area contributed by atoms with Gasteiger partial charge in [-0.2, -0.15) is 0 Å². The second-order valence-corrected chi connectivity index (χ2v) is 7.73. The van der Waals surface area contributed by atoms with Gasteiger partial charge in [0.2, 0.25) is 23.6 Å². The molecule has 0 aliphatic rings. The van der Waals surface area contributed by atoms with Crippen molar-refractivity contribution in [3.05, 3.63) is 0 Å². The summed E-state index contributed by atoms with van der Waals surface area (Å²) in [6.45, 7) is 5.01. The molecule has 0 aliphatic heterocycles. The van der Waals surface area contributed by atoms with Crippen LogP contribution in [-0.2, 0) is 24.0 Å². The van der Waals surface area contributed by atoms with Gasteiger partial charge in [0.1, 0.15) is 18.1 Å². The molecule has 33 heavy (non-hydrogen) atoms. The van der Waals surface area contributed by atoms with E-state index in [1.54, 1.807) is 13.8 Å². The lowest BCUT2D eigenvalue weighted by atomic mass is 9.98. The molecule has 0 aromatic heterocycles. The number of amides is 4. The molecule has 14 nitrogen and oxygen atoms in total. The molecule has 0 aromatic carbocycles. The number of nitrogens with two attached hydrogens (primary N) is 4. The van der Waals surface area contributed by atoms with Gasteiger partial charge in [0.05, 0.1) is 12.5 Å². The van der Waals surface area contributed by atoms with E-state index in [2.05, 4.69) is 20.9 Å². The van der Waals surface area contributed by atoms with Crippen LogP contribution in [0.2, 0.25) is 0 Å². The van der Waals surface area contributed by atoms with E-state index in [1.165, 1.54) is 6.92 Å². The van der Waals surface area contributed by atoms with Crippen molar-refractivity contribution in [2.75, 3.05) is 6.54 Å². The zero-order valence-electron chi connectivity index (χ0n) is 19.2. The SMILES string of the molecule is CCC(C)C(NC(=O)C(CCCN=C(N)N)NC(=O)C(C)NC(=O)C(N)CC(N)=O)C(=O)O. The van der Waals surface area contributed by atoms with Crippen LogP contribution in [0.1, 0.15) is 46.5 Å². The fourth-order valence-electron chi connectivity index (χ4n) is 2.70. The molecule has 0 aliphatic carbocycles. The Balaban J connectivity index is 5.30. The van der Waals surface area contributed by atoms with E-state index >= 15 is 0 Å². The molecular formula is C19H36N8O6. The van der Waals surface area contributed by atoms with Crippen molar-refractivity contribution in [1.82, 2.24) is 16.0 Å². The second kappa shape index (κ2) is 14.6. The molecule has 0 aromatic rings. The number of aliphatic carboxylic acids is 1. The fraction of sp³-hybridized carbons (Fsp3) is 0.684. The normalized spacial score (nSPS) is 15.2. The number of nitrogens with zero attached hydrogens (tertiary/aromatic N) is 1. The third-order valence-corrected chi connectivity index (χ3v) is 4.86. The van der Waals surface area contributed by atoms with E-state index in [0.29, 0.717) is 12.8 Å². The molecule has 5 unspecified atom stereocenters. The highest BCUT2D eigenvalue weighted by atomic mass is 16.4. The number of guanidine groups is 1. The number of hydrogen-bond donors (Lipinski definition) is 8. The minimum absolute atomic E-state index is 0.100. The highest BCUT2D eigenvalue weighted by molar-refractivity contribution is 5.94. The van der Waals surface area contributed by atoms with Crippen molar-refractivity contribution in [2.24, 2.45) is 33.8 Å². The van der Waals surface area contributed by atoms with E-state index < -0.39 is 60.2 Å². The Hall–Kier alpha value is -3.42. The fourth-order valence-corrected chi connectivity index (χ4v) is 2.70. The first kappa shape index (κ1) is 29.6. The smallest absolute Gasteiger partial charge is 0.326 e. The van der Waals surface area contributed by atoms with Crippen LogP contribution in [0.15, 0.2) is 4.99 Å². The number of carboxylic acids is 1. The first-order valence-electron chi connectivity index (χ1n) is 10.5. The monoisotopic (exact) mass is 472 g/mol. The van der Waals surface area contributed by atoms with Crippen molar-refractivity contribution >= 4 is 35.6 Å². The molecular weight excluding hydrogens is 436 g/mol. The molecule has 5 atom stereocenters. The summed E-state index contributed by atoms with van der Waals surface area (Å²) >= 11 is 0. The molecule has 0 bridgehead atoms. The summed E-state index contributed by atoms with van der Waals surface area (Å²) in [4.78, 5) is 63.6. The van der Waals surface area contributed by atoms with Gasteiger partial charge in [-0.1, -0.05) is 20.3 Å². The minimum Gasteiger partial charge on any atom is -0.480 e. The average Bonchev–Trinajstić information content (AvgIpc) is 2.71. The molecule has 0 spiro atoms. The summed E-state index contributed by atoms with van der Waals surface area (Å²) in [7, 11) is 0. The molecule has 4 amide bonds. The third kappa shape index (κ3) is 11.7. The van der Waals surface area contributed by atoms with Crippen LogP contribution < -0.4 is 38.9 Å². The number of aliphatic imine (C=N–C) groups is 1. The van der Waals surface area contributed by atoms with E-state index in [0.717, 1.165) is 0 Å². The van der Waals surface area contributed by atoms with Crippen LogP contribution in [-0.4, -0.2) is 71.4 Å². The Kier molecular flexibility index (Phi) is 13.1. The van der Waals surface area contributed by atoms with Gasteiger partial charge in [-0.05, 0) is 25.7 Å². The van der Waals surface area contributed by atoms with E-state index in [4.69, 9.17) is 22.9 Å². The number of carbonyl (C=O) groups is 5. The Morgan fingerprint density at radius 2 is 1.55 bits per heavy atom. The van der Waals surface area contributed by atoms with E-state index in [1.807, 2.05) is 0 Å². The zero-order chi connectivity index (χ0) is 25.7. The molecule has 0 saturated heterocycles. The molecule has 14 heteroatoms. The standard InChI is InChI=1S/C19H36N8O6/c1-4-9(2)14(18(32)33)27-17(31)12(6-5-7-24-19(22)23)26-15(29)10(3)25-16(30)11(20)8-13(21)28/h9-12,14H,4-8,20H2,1-3H3,(H2,21,28)(H,25,30)(H,26,29)(H,27,31)(H,32,33)(H4,22,23,24). The molecule has 188 valence electrons. The van der Waals surface area contributed by atoms with Gasteiger partial charge >= 0.3 is 5.97 Å². The first-order valence-corrected chi connectivity index (χ1v) is 10.5. The molecule has 0 radical (unpaired) electrons. The van der Waals surface area contributed by atoms with Gasteiger partial charge in [0, 0.05) is 6.54 Å². The van der Waals surface area contributed by atoms with E-state index in [9.17, 15) is 29.1 Å². The summed E-state index contributed by atoms with van der Waals surface area (Å²) in [5, 5.41) is 16.7. The van der Waals surface area contributed by atoms with Gasteiger partial charge in [0.15, 0.2) is 5.96 Å². The number of rotatable bonds is 15. The van der Waals surface area contributed by atoms with Crippen LogP contribution in [0, 0.1) is 5.92 Å².